The lowest BCUT2D eigenvalue weighted by Crippen LogP contribution is -2.11. The van der Waals surface area contributed by atoms with Gasteiger partial charge in [0.15, 0.2) is 9.84 Å². The second-order valence-corrected chi connectivity index (χ2v) is 5.29. The van der Waals surface area contributed by atoms with E-state index in [9.17, 15) is 13.2 Å². The molecule has 0 spiro atoms. The van der Waals surface area contributed by atoms with Crippen LogP contribution in [0.4, 0.5) is 10.7 Å². The second-order valence-electron chi connectivity index (χ2n) is 3.61. The molecule has 108 valence electrons. The highest BCUT2D eigenvalue weighted by Gasteiger charge is 2.15. The maximum atomic E-state index is 12.6. The molecule has 1 amide bonds. The SMILES string of the molecule is [2H]C([2H])([2H])C([2H])([2H])C([2H])([2H])S(=O)(=O)c1ccc2nc(NC(=O)OC)[nH]c2c1. The van der Waals surface area contributed by atoms with Gasteiger partial charge in [-0.3, -0.25) is 5.32 Å². The summed E-state index contributed by atoms with van der Waals surface area (Å²) in [7, 11) is -3.92. The highest BCUT2D eigenvalue weighted by atomic mass is 32.2. The van der Waals surface area contributed by atoms with Crippen molar-refractivity contribution in [2.45, 2.75) is 18.1 Å². The third kappa shape index (κ3) is 2.90. The number of rotatable bonds is 4. The van der Waals surface area contributed by atoms with Gasteiger partial charge in [0.1, 0.15) is 0 Å². The fraction of sp³-hybridized carbons (Fsp3) is 0.333. The van der Waals surface area contributed by atoms with E-state index in [-0.39, 0.29) is 17.0 Å². The Morgan fingerprint density at radius 3 is 3.10 bits per heavy atom. The smallest absolute Gasteiger partial charge is 0.413 e. The third-order valence-electron chi connectivity index (χ3n) is 2.35. The molecule has 8 heteroatoms. The van der Waals surface area contributed by atoms with E-state index in [1.165, 1.54) is 6.07 Å². The van der Waals surface area contributed by atoms with Crippen LogP contribution in [0.3, 0.4) is 0 Å². The quantitative estimate of drug-likeness (QED) is 0.898. The summed E-state index contributed by atoms with van der Waals surface area (Å²) in [6.07, 6.45) is -4.50. The molecule has 7 nitrogen and oxygen atoms in total. The Morgan fingerprint density at radius 2 is 2.40 bits per heavy atom. The Hall–Kier alpha value is -2.09. The molecule has 1 aromatic heterocycles. The number of amides is 1. The van der Waals surface area contributed by atoms with Crippen molar-refractivity contribution in [3.63, 3.8) is 0 Å². The van der Waals surface area contributed by atoms with Gasteiger partial charge in [0.2, 0.25) is 5.95 Å². The monoisotopic (exact) mass is 304 g/mol. The number of methoxy groups -OCH3 is 1. The first-order chi connectivity index (χ1) is 12.1. The number of aromatic amines is 1. The molecule has 0 bridgehead atoms. The molecule has 2 aromatic rings. The Balaban J connectivity index is 2.52. The number of carbonyl (C=O) groups is 1. The zero-order valence-electron chi connectivity index (χ0n) is 17.2. The van der Waals surface area contributed by atoms with Gasteiger partial charge in [-0.25, -0.2) is 18.2 Å². The van der Waals surface area contributed by atoms with Gasteiger partial charge in [-0.05, 0) is 24.6 Å². The number of nitrogens with zero attached hydrogens (tertiary/aromatic N) is 1. The zero-order chi connectivity index (χ0) is 20.8. The Labute approximate surface area is 126 Å². The van der Waals surface area contributed by atoms with Crippen LogP contribution in [0.1, 0.15) is 22.8 Å². The van der Waals surface area contributed by atoms with Gasteiger partial charge in [0.25, 0.3) is 0 Å². The van der Waals surface area contributed by atoms with Gasteiger partial charge in [-0.15, -0.1) is 0 Å². The average Bonchev–Trinajstić information content (AvgIpc) is 2.94. The number of H-pyrrole nitrogens is 1. The molecule has 1 aromatic carbocycles. The normalized spacial score (nSPS) is 18.8. The number of hydrogen-bond acceptors (Lipinski definition) is 5. The third-order valence-corrected chi connectivity index (χ3v) is 3.60. The molecule has 0 atom stereocenters. The van der Waals surface area contributed by atoms with E-state index in [2.05, 4.69) is 20.0 Å². The van der Waals surface area contributed by atoms with Crippen molar-refractivity contribution in [2.24, 2.45) is 0 Å². The van der Waals surface area contributed by atoms with E-state index in [0.717, 1.165) is 19.2 Å². The number of anilines is 1. The van der Waals surface area contributed by atoms with E-state index in [4.69, 9.17) is 9.60 Å². The van der Waals surface area contributed by atoms with Crippen LogP contribution in [-0.4, -0.2) is 37.3 Å². The lowest BCUT2D eigenvalue weighted by molar-refractivity contribution is 0.186. The van der Waals surface area contributed by atoms with Crippen molar-refractivity contribution in [3.8, 4) is 0 Å². The first kappa shape index (κ1) is 7.63. The first-order valence-electron chi connectivity index (χ1n) is 8.74. The summed E-state index contributed by atoms with van der Waals surface area (Å²) in [6, 6.07) is 3.13. The Morgan fingerprint density at radius 1 is 1.60 bits per heavy atom. The van der Waals surface area contributed by atoms with Gasteiger partial charge in [0.05, 0.1) is 28.7 Å². The number of benzene rings is 1. The molecule has 0 saturated heterocycles. The van der Waals surface area contributed by atoms with Gasteiger partial charge in [-0.2, -0.15) is 0 Å². The van der Waals surface area contributed by atoms with E-state index in [0.29, 0.717) is 0 Å². The average molecular weight is 304 g/mol. The van der Waals surface area contributed by atoms with Crippen LogP contribution in [0.5, 0.6) is 0 Å². The van der Waals surface area contributed by atoms with Crippen LogP contribution in [0.2, 0.25) is 0 Å². The number of imidazole rings is 1. The van der Waals surface area contributed by atoms with Crippen molar-refractivity contribution >= 4 is 32.9 Å². The summed E-state index contributed by atoms with van der Waals surface area (Å²) in [4.78, 5) is 17.1. The number of ether oxygens (including phenoxy) is 1. The predicted octanol–water partition coefficient (Wildman–Crippen LogP) is 1.92. The van der Waals surface area contributed by atoms with Gasteiger partial charge in [0, 0.05) is 9.60 Å². The molecule has 0 fully saturated rings. The van der Waals surface area contributed by atoms with Gasteiger partial charge >= 0.3 is 6.09 Å². The standard InChI is InChI=1S/C12H15N3O4S/c1-3-6-20(17,18)8-4-5-9-10(7-8)14-11(13-9)15-12(16)19-2/h4-5,7H,3,6H2,1-2H3,(H2,13,14,15,16)/i1D3,3D2,6D2. The molecular formula is C12H15N3O4S. The minimum absolute atomic E-state index is 0.0628. The van der Waals surface area contributed by atoms with Crippen LogP contribution < -0.4 is 5.32 Å². The molecule has 0 aliphatic rings. The molecule has 2 N–H and O–H groups in total. The minimum Gasteiger partial charge on any atom is -0.453 e. The first-order valence-corrected chi connectivity index (χ1v) is 6.73. The largest absolute Gasteiger partial charge is 0.453 e. The second kappa shape index (κ2) is 5.49. The highest BCUT2D eigenvalue weighted by Crippen LogP contribution is 2.20. The van der Waals surface area contributed by atoms with E-state index in [1.54, 1.807) is 0 Å². The van der Waals surface area contributed by atoms with Gasteiger partial charge < -0.3 is 9.72 Å². The van der Waals surface area contributed by atoms with Crippen molar-refractivity contribution < 1.29 is 27.5 Å². The molecule has 0 aliphatic carbocycles. The molecule has 0 radical (unpaired) electrons. The Bertz CT molecular complexity index is 985. The number of hydrogen-bond donors (Lipinski definition) is 2. The fourth-order valence-electron chi connectivity index (χ4n) is 1.49. The van der Waals surface area contributed by atoms with E-state index < -0.39 is 39.8 Å². The summed E-state index contributed by atoms with van der Waals surface area (Å²) in [5.41, 5.74) is -3.43. The summed E-state index contributed by atoms with van der Waals surface area (Å²) in [6.45, 7) is -3.51. The van der Waals surface area contributed by atoms with E-state index in [1.807, 2.05) is 0 Å². The molecule has 20 heavy (non-hydrogen) atoms. The molecule has 1 heterocycles. The molecule has 0 unspecified atom stereocenters. The van der Waals surface area contributed by atoms with Gasteiger partial charge in [-0.1, -0.05) is 6.85 Å². The summed E-state index contributed by atoms with van der Waals surface area (Å²) in [5.74, 6) is -0.0628. The molecule has 2 rings (SSSR count). The number of sulfone groups is 1. The lowest BCUT2D eigenvalue weighted by atomic mass is 10.3. The number of nitrogens with one attached hydrogen (secondary N) is 2. The summed E-state index contributed by atoms with van der Waals surface area (Å²) >= 11 is 0. The highest BCUT2D eigenvalue weighted by molar-refractivity contribution is 7.91. The summed E-state index contributed by atoms with van der Waals surface area (Å²) in [5, 5.41) is 2.23. The maximum Gasteiger partial charge on any atom is 0.413 e. The molecule has 0 saturated carbocycles. The zero-order valence-corrected chi connectivity index (χ0v) is 11.0. The maximum absolute atomic E-state index is 12.6. The van der Waals surface area contributed by atoms with Crippen LogP contribution in [0.25, 0.3) is 11.0 Å². The van der Waals surface area contributed by atoms with Crippen LogP contribution in [0, 0.1) is 0 Å². The fourth-order valence-corrected chi connectivity index (χ4v) is 2.26. The number of aromatic nitrogens is 2. The van der Waals surface area contributed by atoms with Crippen molar-refractivity contribution in [2.75, 3.05) is 18.1 Å². The summed E-state index contributed by atoms with van der Waals surface area (Å²) < 4.78 is 81.5. The van der Waals surface area contributed by atoms with Crippen LogP contribution in [0.15, 0.2) is 23.1 Å². The Kier molecular flexibility index (Phi) is 2.10. The topological polar surface area (TPSA) is 101 Å². The van der Waals surface area contributed by atoms with Crippen molar-refractivity contribution in [3.05, 3.63) is 18.2 Å². The van der Waals surface area contributed by atoms with E-state index >= 15 is 0 Å². The lowest BCUT2D eigenvalue weighted by Gasteiger charge is -2.01. The van der Waals surface area contributed by atoms with Crippen molar-refractivity contribution in [1.82, 2.24) is 9.97 Å². The van der Waals surface area contributed by atoms with Crippen molar-refractivity contribution in [1.29, 1.82) is 0 Å². The minimum atomic E-state index is -5.05. The molecular weight excluding hydrogens is 282 g/mol. The molecule has 0 aliphatic heterocycles. The van der Waals surface area contributed by atoms with Crippen LogP contribution >= 0.6 is 0 Å². The predicted molar refractivity (Wildman–Crippen MR) is 74.5 cm³/mol. The van der Waals surface area contributed by atoms with Crippen LogP contribution in [-0.2, 0) is 14.6 Å². The number of carbonyl (C=O) groups excluding carboxylic acids is 1. The number of fused-ring (bicyclic) bond motifs is 1.